The number of carbonyl (C=O) groups excluding carboxylic acids is 1. The smallest absolute Gasteiger partial charge is 0.270 e. The van der Waals surface area contributed by atoms with E-state index < -0.39 is 5.92 Å². The molecule has 3 N–H and O–H groups in total. The molecule has 0 spiro atoms. The van der Waals surface area contributed by atoms with E-state index in [0.29, 0.717) is 41.5 Å². The summed E-state index contributed by atoms with van der Waals surface area (Å²) >= 11 is 0. The fraction of sp³-hybridized carbons (Fsp3) is 0.250. The van der Waals surface area contributed by atoms with Crippen molar-refractivity contribution in [3.63, 3.8) is 0 Å². The van der Waals surface area contributed by atoms with E-state index in [1.807, 2.05) is 48.5 Å². The molecule has 0 fully saturated rings. The summed E-state index contributed by atoms with van der Waals surface area (Å²) in [6, 6.07) is 15.5. The Morgan fingerprint density at radius 3 is 2.65 bits per heavy atom. The first-order chi connectivity index (χ1) is 15.2. The van der Waals surface area contributed by atoms with Gasteiger partial charge < -0.3 is 14.8 Å². The highest BCUT2D eigenvalue weighted by molar-refractivity contribution is 6.00. The number of H-pyrrole nitrogens is 2. The molecule has 0 bridgehead atoms. The number of benzene rings is 2. The summed E-state index contributed by atoms with van der Waals surface area (Å²) < 4.78 is 11.6. The van der Waals surface area contributed by atoms with Crippen molar-refractivity contribution in [3.8, 4) is 11.5 Å². The average molecular weight is 417 g/mol. The number of rotatable bonds is 5. The van der Waals surface area contributed by atoms with E-state index in [0.717, 1.165) is 29.7 Å². The number of anilines is 1. The van der Waals surface area contributed by atoms with Crippen molar-refractivity contribution in [1.82, 2.24) is 10.2 Å². The molecule has 0 amide bonds. The van der Waals surface area contributed by atoms with Gasteiger partial charge in [0, 0.05) is 23.6 Å². The molecule has 1 aromatic heterocycles. The monoisotopic (exact) mass is 417 g/mol. The second-order valence-electron chi connectivity index (χ2n) is 7.78. The molecule has 0 saturated heterocycles. The minimum atomic E-state index is -0.453. The van der Waals surface area contributed by atoms with Crippen molar-refractivity contribution in [2.45, 2.75) is 31.8 Å². The molecular formula is C24H23N3O4. The van der Waals surface area contributed by atoms with Crippen LogP contribution in [-0.4, -0.2) is 23.1 Å². The Balaban J connectivity index is 1.54. The fourth-order valence-corrected chi connectivity index (χ4v) is 4.42. The maximum Gasteiger partial charge on any atom is 0.270 e. The number of ketones is 1. The lowest BCUT2D eigenvalue weighted by molar-refractivity contribution is -0.116. The van der Waals surface area contributed by atoms with Crippen molar-refractivity contribution >= 4 is 11.6 Å². The van der Waals surface area contributed by atoms with Crippen LogP contribution in [0.2, 0.25) is 0 Å². The van der Waals surface area contributed by atoms with Crippen LogP contribution in [0, 0.1) is 0 Å². The zero-order valence-electron chi connectivity index (χ0n) is 17.2. The summed E-state index contributed by atoms with van der Waals surface area (Å²) in [6.45, 7) is 0.416. The molecule has 0 radical (unpaired) electrons. The van der Waals surface area contributed by atoms with Gasteiger partial charge in [-0.05, 0) is 36.1 Å². The molecule has 2 aromatic carbocycles. The third-order valence-corrected chi connectivity index (χ3v) is 5.88. The van der Waals surface area contributed by atoms with E-state index in [1.54, 1.807) is 7.11 Å². The lowest BCUT2D eigenvalue weighted by Crippen LogP contribution is -2.29. The molecule has 2 heterocycles. The van der Waals surface area contributed by atoms with E-state index in [2.05, 4.69) is 15.5 Å². The van der Waals surface area contributed by atoms with Crippen LogP contribution in [-0.2, 0) is 11.4 Å². The molecule has 1 unspecified atom stereocenters. The summed E-state index contributed by atoms with van der Waals surface area (Å²) in [5.41, 5.74) is 3.71. The van der Waals surface area contributed by atoms with Crippen LogP contribution in [0.4, 0.5) is 5.82 Å². The first-order valence-corrected chi connectivity index (χ1v) is 10.3. The normalized spacial score (nSPS) is 17.6. The maximum absolute atomic E-state index is 12.9. The van der Waals surface area contributed by atoms with Gasteiger partial charge in [0.2, 0.25) is 0 Å². The van der Waals surface area contributed by atoms with Gasteiger partial charge in [0.25, 0.3) is 5.56 Å². The highest BCUT2D eigenvalue weighted by Gasteiger charge is 2.38. The molecule has 1 aliphatic heterocycles. The Morgan fingerprint density at radius 2 is 1.84 bits per heavy atom. The van der Waals surface area contributed by atoms with Crippen LogP contribution in [0.1, 0.15) is 41.9 Å². The molecule has 5 rings (SSSR count). The first kappa shape index (κ1) is 19.2. The molecule has 31 heavy (non-hydrogen) atoms. The van der Waals surface area contributed by atoms with Gasteiger partial charge in [-0.25, -0.2) is 0 Å². The number of fused-ring (bicyclic) bond motifs is 1. The molecule has 1 aliphatic carbocycles. The van der Waals surface area contributed by atoms with Crippen LogP contribution in [0.25, 0.3) is 0 Å². The second kappa shape index (κ2) is 7.83. The minimum Gasteiger partial charge on any atom is -0.493 e. The van der Waals surface area contributed by atoms with Crippen LogP contribution < -0.4 is 20.3 Å². The molecular weight excluding hydrogens is 394 g/mol. The standard InChI is InChI=1S/C24H23N3O4/c1-30-19-12-15(10-11-18(19)31-13-14-6-3-2-4-7-14)20-21-16(8-5-9-17(21)28)25-23-22(20)24(29)27-26-23/h2-4,6-7,10-12,20H,5,8-9,13H2,1H3,(H3,25,26,27,29). The lowest BCUT2D eigenvalue weighted by atomic mass is 9.77. The molecule has 7 nitrogen and oxygen atoms in total. The number of ether oxygens (including phenoxy) is 2. The quantitative estimate of drug-likeness (QED) is 0.586. The van der Waals surface area contributed by atoms with E-state index in [4.69, 9.17) is 9.47 Å². The summed E-state index contributed by atoms with van der Waals surface area (Å²) in [4.78, 5) is 25.5. The van der Waals surface area contributed by atoms with Gasteiger partial charge in [0.15, 0.2) is 17.3 Å². The Kier molecular flexibility index (Phi) is 4.86. The van der Waals surface area contributed by atoms with Crippen LogP contribution in [0.5, 0.6) is 11.5 Å². The number of Topliss-reactive ketones (excluding diaryl/α,β-unsaturated/α-hetero) is 1. The summed E-state index contributed by atoms with van der Waals surface area (Å²) in [5, 5.41) is 8.79. The Morgan fingerprint density at radius 1 is 1.00 bits per heavy atom. The SMILES string of the molecule is COc1cc(C2C3=C(CCCC3=O)Nc3[nH][nH]c(=O)c32)ccc1OCc1ccccc1. The number of hydrogen-bond acceptors (Lipinski definition) is 5. The van der Waals surface area contributed by atoms with E-state index >= 15 is 0 Å². The third-order valence-electron chi connectivity index (χ3n) is 5.88. The number of aromatic amines is 2. The number of carbonyl (C=O) groups is 1. The fourth-order valence-electron chi connectivity index (χ4n) is 4.42. The zero-order valence-corrected chi connectivity index (χ0v) is 17.2. The first-order valence-electron chi connectivity index (χ1n) is 10.3. The third kappa shape index (κ3) is 3.42. The minimum absolute atomic E-state index is 0.0772. The zero-order chi connectivity index (χ0) is 21.4. The highest BCUT2D eigenvalue weighted by atomic mass is 16.5. The summed E-state index contributed by atoms with van der Waals surface area (Å²) in [6.07, 6.45) is 2.07. The molecule has 158 valence electrons. The molecule has 2 aliphatic rings. The Labute approximate surface area is 179 Å². The number of allylic oxidation sites excluding steroid dienone is 2. The van der Waals surface area contributed by atoms with Gasteiger partial charge in [-0.3, -0.25) is 19.8 Å². The molecule has 0 saturated carbocycles. The van der Waals surface area contributed by atoms with E-state index in [9.17, 15) is 9.59 Å². The lowest BCUT2D eigenvalue weighted by Gasteiger charge is -2.31. The van der Waals surface area contributed by atoms with Crippen molar-refractivity contribution in [3.05, 3.63) is 86.8 Å². The van der Waals surface area contributed by atoms with Gasteiger partial charge in [0.05, 0.1) is 12.7 Å². The molecule has 1 atom stereocenters. The van der Waals surface area contributed by atoms with E-state index in [1.165, 1.54) is 0 Å². The second-order valence-corrected chi connectivity index (χ2v) is 7.78. The number of hydrogen-bond donors (Lipinski definition) is 3. The summed E-state index contributed by atoms with van der Waals surface area (Å²) in [5.74, 6) is 1.41. The Bertz CT molecular complexity index is 1220. The molecule has 7 heteroatoms. The van der Waals surface area contributed by atoms with Crippen LogP contribution in [0.15, 0.2) is 64.6 Å². The van der Waals surface area contributed by atoms with Crippen LogP contribution in [0.3, 0.4) is 0 Å². The maximum atomic E-state index is 12.9. The van der Waals surface area contributed by atoms with Crippen molar-refractivity contribution in [1.29, 1.82) is 0 Å². The van der Waals surface area contributed by atoms with Gasteiger partial charge in [-0.2, -0.15) is 0 Å². The van der Waals surface area contributed by atoms with Crippen molar-refractivity contribution in [2.24, 2.45) is 0 Å². The Hall–Kier alpha value is -3.74. The topological polar surface area (TPSA) is 96.2 Å². The van der Waals surface area contributed by atoms with Gasteiger partial charge in [-0.1, -0.05) is 36.4 Å². The molecule has 3 aromatic rings. The van der Waals surface area contributed by atoms with Gasteiger partial charge in [-0.15, -0.1) is 0 Å². The number of aromatic nitrogens is 2. The van der Waals surface area contributed by atoms with Crippen molar-refractivity contribution in [2.75, 3.05) is 12.4 Å². The highest BCUT2D eigenvalue weighted by Crippen LogP contribution is 2.44. The number of nitrogens with one attached hydrogen (secondary N) is 3. The van der Waals surface area contributed by atoms with Crippen LogP contribution >= 0.6 is 0 Å². The van der Waals surface area contributed by atoms with Gasteiger partial charge in [0.1, 0.15) is 12.4 Å². The average Bonchev–Trinajstić information content (AvgIpc) is 3.17. The van der Waals surface area contributed by atoms with E-state index in [-0.39, 0.29) is 11.3 Å². The predicted molar refractivity (Wildman–Crippen MR) is 117 cm³/mol. The number of methoxy groups -OCH3 is 1. The van der Waals surface area contributed by atoms with Crippen molar-refractivity contribution < 1.29 is 14.3 Å². The largest absolute Gasteiger partial charge is 0.493 e. The van der Waals surface area contributed by atoms with Gasteiger partial charge >= 0.3 is 0 Å². The summed E-state index contributed by atoms with van der Waals surface area (Å²) in [7, 11) is 1.59. The predicted octanol–water partition coefficient (Wildman–Crippen LogP) is 3.86.